The molecule has 0 atom stereocenters. The SMILES string of the molecule is CCCn1ccn(Cc2nc3cc(N)ccc3o2)c1=O. The van der Waals surface area contributed by atoms with Crippen molar-refractivity contribution in [3.63, 3.8) is 0 Å². The van der Waals surface area contributed by atoms with E-state index in [4.69, 9.17) is 10.2 Å². The first-order chi connectivity index (χ1) is 9.67. The van der Waals surface area contributed by atoms with E-state index in [-0.39, 0.29) is 5.69 Å². The molecule has 6 nitrogen and oxygen atoms in total. The van der Waals surface area contributed by atoms with E-state index >= 15 is 0 Å². The van der Waals surface area contributed by atoms with Gasteiger partial charge in [-0.1, -0.05) is 6.92 Å². The Morgan fingerprint density at radius 1 is 1.30 bits per heavy atom. The summed E-state index contributed by atoms with van der Waals surface area (Å²) in [5.74, 6) is 0.502. The molecule has 0 unspecified atom stereocenters. The Morgan fingerprint density at radius 3 is 2.90 bits per heavy atom. The summed E-state index contributed by atoms with van der Waals surface area (Å²) in [4.78, 5) is 16.4. The number of rotatable bonds is 4. The summed E-state index contributed by atoms with van der Waals surface area (Å²) in [6.45, 7) is 3.08. The summed E-state index contributed by atoms with van der Waals surface area (Å²) < 4.78 is 8.88. The van der Waals surface area contributed by atoms with Crippen molar-refractivity contribution < 1.29 is 4.42 Å². The highest BCUT2D eigenvalue weighted by atomic mass is 16.3. The normalized spacial score (nSPS) is 11.2. The molecule has 2 heterocycles. The molecule has 0 fully saturated rings. The number of nitrogens with two attached hydrogens (primary N) is 1. The first-order valence-corrected chi connectivity index (χ1v) is 6.58. The van der Waals surface area contributed by atoms with Gasteiger partial charge in [0.05, 0.1) is 0 Å². The maximum atomic E-state index is 12.1. The van der Waals surface area contributed by atoms with Crippen molar-refractivity contribution in [1.82, 2.24) is 14.1 Å². The van der Waals surface area contributed by atoms with Gasteiger partial charge in [0.2, 0.25) is 5.89 Å². The number of hydrogen-bond donors (Lipinski definition) is 1. The molecule has 2 aromatic heterocycles. The molecule has 0 saturated carbocycles. The second kappa shape index (κ2) is 4.88. The fourth-order valence-corrected chi connectivity index (χ4v) is 2.19. The van der Waals surface area contributed by atoms with Crippen molar-refractivity contribution in [2.75, 3.05) is 5.73 Å². The average molecular weight is 272 g/mol. The number of nitrogen functional groups attached to an aromatic ring is 1. The molecule has 104 valence electrons. The van der Waals surface area contributed by atoms with E-state index in [1.165, 1.54) is 0 Å². The first-order valence-electron chi connectivity index (χ1n) is 6.58. The fourth-order valence-electron chi connectivity index (χ4n) is 2.19. The van der Waals surface area contributed by atoms with Gasteiger partial charge in [-0.15, -0.1) is 0 Å². The van der Waals surface area contributed by atoms with Crippen LogP contribution in [0.1, 0.15) is 19.2 Å². The van der Waals surface area contributed by atoms with E-state index in [0.717, 1.165) is 13.0 Å². The molecular weight excluding hydrogens is 256 g/mol. The Morgan fingerprint density at radius 2 is 2.10 bits per heavy atom. The van der Waals surface area contributed by atoms with E-state index in [9.17, 15) is 4.79 Å². The minimum Gasteiger partial charge on any atom is -0.439 e. The van der Waals surface area contributed by atoms with Crippen LogP contribution in [0.15, 0.2) is 39.8 Å². The number of nitrogens with zero attached hydrogens (tertiary/aromatic N) is 3. The van der Waals surface area contributed by atoms with Crippen LogP contribution in [0.25, 0.3) is 11.1 Å². The van der Waals surface area contributed by atoms with E-state index in [1.54, 1.807) is 39.7 Å². The molecular formula is C14H16N4O2. The number of fused-ring (bicyclic) bond motifs is 1. The molecule has 0 aliphatic carbocycles. The summed E-state index contributed by atoms with van der Waals surface area (Å²) in [5, 5.41) is 0. The highest BCUT2D eigenvalue weighted by Gasteiger charge is 2.09. The number of benzene rings is 1. The van der Waals surface area contributed by atoms with E-state index in [2.05, 4.69) is 4.98 Å². The largest absolute Gasteiger partial charge is 0.439 e. The van der Waals surface area contributed by atoms with Crippen LogP contribution in [0.3, 0.4) is 0 Å². The average Bonchev–Trinajstić information content (AvgIpc) is 2.96. The lowest BCUT2D eigenvalue weighted by Crippen LogP contribution is -2.24. The molecule has 1 aromatic carbocycles. The lowest BCUT2D eigenvalue weighted by molar-refractivity contribution is 0.499. The molecule has 3 rings (SSSR count). The molecule has 0 saturated heterocycles. The number of oxazole rings is 1. The van der Waals surface area contributed by atoms with E-state index in [0.29, 0.717) is 29.2 Å². The maximum absolute atomic E-state index is 12.1. The Labute approximate surface area is 115 Å². The van der Waals surface area contributed by atoms with Crippen molar-refractivity contribution >= 4 is 16.8 Å². The van der Waals surface area contributed by atoms with Crippen molar-refractivity contribution in [2.45, 2.75) is 26.4 Å². The molecule has 0 bridgehead atoms. The van der Waals surface area contributed by atoms with Crippen LogP contribution in [-0.4, -0.2) is 14.1 Å². The van der Waals surface area contributed by atoms with E-state index < -0.39 is 0 Å². The maximum Gasteiger partial charge on any atom is 0.328 e. The lowest BCUT2D eigenvalue weighted by atomic mass is 10.3. The van der Waals surface area contributed by atoms with Crippen LogP contribution in [0.4, 0.5) is 5.69 Å². The standard InChI is InChI=1S/C14H16N4O2/c1-2-5-17-6-7-18(14(17)19)9-13-16-11-8-10(15)3-4-12(11)20-13/h3-4,6-8H,2,5,9,15H2,1H3. The predicted octanol–water partition coefficient (Wildman–Crippen LogP) is 1.83. The Hall–Kier alpha value is -2.50. The Balaban J connectivity index is 1.91. The van der Waals surface area contributed by atoms with Gasteiger partial charge in [0, 0.05) is 24.6 Å². The van der Waals surface area contributed by atoms with Crippen LogP contribution < -0.4 is 11.4 Å². The molecule has 20 heavy (non-hydrogen) atoms. The van der Waals surface area contributed by atoms with Gasteiger partial charge in [-0.05, 0) is 24.6 Å². The van der Waals surface area contributed by atoms with Crippen LogP contribution in [0.2, 0.25) is 0 Å². The summed E-state index contributed by atoms with van der Waals surface area (Å²) in [5.41, 5.74) is 7.69. The molecule has 0 aliphatic rings. The number of aryl methyl sites for hydroxylation is 1. The van der Waals surface area contributed by atoms with Crippen molar-refractivity contribution in [1.29, 1.82) is 0 Å². The zero-order valence-electron chi connectivity index (χ0n) is 11.2. The highest BCUT2D eigenvalue weighted by Crippen LogP contribution is 2.18. The zero-order chi connectivity index (χ0) is 14.1. The predicted molar refractivity (Wildman–Crippen MR) is 76.5 cm³/mol. The number of hydrogen-bond acceptors (Lipinski definition) is 4. The quantitative estimate of drug-likeness (QED) is 0.735. The number of anilines is 1. The van der Waals surface area contributed by atoms with Crippen LogP contribution in [0, 0.1) is 0 Å². The van der Waals surface area contributed by atoms with Gasteiger partial charge in [-0.25, -0.2) is 9.78 Å². The van der Waals surface area contributed by atoms with Crippen LogP contribution >= 0.6 is 0 Å². The zero-order valence-corrected chi connectivity index (χ0v) is 11.2. The molecule has 0 spiro atoms. The van der Waals surface area contributed by atoms with Crippen molar-refractivity contribution in [2.24, 2.45) is 0 Å². The van der Waals surface area contributed by atoms with Gasteiger partial charge < -0.3 is 10.2 Å². The summed E-state index contributed by atoms with van der Waals surface area (Å²) in [6.07, 6.45) is 4.46. The fraction of sp³-hybridized carbons (Fsp3) is 0.286. The van der Waals surface area contributed by atoms with Gasteiger partial charge in [-0.2, -0.15) is 0 Å². The van der Waals surface area contributed by atoms with Gasteiger partial charge in [0.15, 0.2) is 5.58 Å². The summed E-state index contributed by atoms with van der Waals surface area (Å²) >= 11 is 0. The summed E-state index contributed by atoms with van der Waals surface area (Å²) in [7, 11) is 0. The van der Waals surface area contributed by atoms with Crippen molar-refractivity contribution in [3.05, 3.63) is 47.0 Å². The number of aromatic nitrogens is 3. The molecule has 0 amide bonds. The third kappa shape index (κ3) is 2.20. The molecule has 2 N–H and O–H groups in total. The topological polar surface area (TPSA) is 79.0 Å². The number of imidazole rings is 1. The third-order valence-corrected chi connectivity index (χ3v) is 3.14. The highest BCUT2D eigenvalue weighted by molar-refractivity contribution is 5.76. The van der Waals surface area contributed by atoms with Gasteiger partial charge in [0.1, 0.15) is 12.1 Å². The van der Waals surface area contributed by atoms with Gasteiger partial charge in [-0.3, -0.25) is 9.13 Å². The molecule has 0 aliphatic heterocycles. The third-order valence-electron chi connectivity index (χ3n) is 3.14. The van der Waals surface area contributed by atoms with Gasteiger partial charge >= 0.3 is 5.69 Å². The van der Waals surface area contributed by atoms with Crippen LogP contribution in [0.5, 0.6) is 0 Å². The van der Waals surface area contributed by atoms with E-state index in [1.807, 2.05) is 6.92 Å². The first kappa shape index (κ1) is 12.5. The molecule has 6 heteroatoms. The smallest absolute Gasteiger partial charge is 0.328 e. The summed E-state index contributed by atoms with van der Waals surface area (Å²) in [6, 6.07) is 5.31. The molecule has 3 aromatic rings. The minimum absolute atomic E-state index is 0.0476. The van der Waals surface area contributed by atoms with Gasteiger partial charge in [0.25, 0.3) is 0 Å². The molecule has 0 radical (unpaired) electrons. The monoisotopic (exact) mass is 272 g/mol. The Bertz CT molecular complexity index is 797. The van der Waals surface area contributed by atoms with Crippen LogP contribution in [-0.2, 0) is 13.1 Å². The minimum atomic E-state index is -0.0476. The second-order valence-electron chi connectivity index (χ2n) is 4.74. The second-order valence-corrected chi connectivity index (χ2v) is 4.74. The van der Waals surface area contributed by atoms with Crippen molar-refractivity contribution in [3.8, 4) is 0 Å². The Kier molecular flexibility index (Phi) is 3.06. The lowest BCUT2D eigenvalue weighted by Gasteiger charge is -1.97.